The molecule has 2 aromatic rings. The fourth-order valence-corrected chi connectivity index (χ4v) is 5.29. The Labute approximate surface area is 167 Å². The number of aryl methyl sites for hydroxylation is 1. The van der Waals surface area contributed by atoms with Crippen LogP contribution in [-0.2, 0) is 21.2 Å². The van der Waals surface area contributed by atoms with E-state index in [1.807, 2.05) is 19.1 Å². The molecule has 0 saturated carbocycles. The van der Waals surface area contributed by atoms with Gasteiger partial charge in [-0.1, -0.05) is 55.8 Å². The maximum Gasteiger partial charge on any atom is 0.243 e. The molecule has 6 heteroatoms. The molecule has 0 bridgehead atoms. The molecule has 1 aliphatic rings. The molecule has 1 N–H and O–H groups in total. The van der Waals surface area contributed by atoms with E-state index in [0.29, 0.717) is 13.0 Å². The molecule has 150 valence electrons. The number of carbonyl (C=O) groups is 1. The summed E-state index contributed by atoms with van der Waals surface area (Å²) in [5.41, 5.74) is 2.26. The number of amides is 1. The van der Waals surface area contributed by atoms with Crippen LogP contribution in [0.1, 0.15) is 50.3 Å². The second kappa shape index (κ2) is 8.88. The van der Waals surface area contributed by atoms with Crippen LogP contribution in [0.15, 0.2) is 59.5 Å². The first-order chi connectivity index (χ1) is 13.4. The van der Waals surface area contributed by atoms with Crippen molar-refractivity contribution >= 4 is 15.9 Å². The van der Waals surface area contributed by atoms with Gasteiger partial charge in [-0.2, -0.15) is 4.31 Å². The lowest BCUT2D eigenvalue weighted by molar-refractivity contribution is -0.126. The summed E-state index contributed by atoms with van der Waals surface area (Å²) in [5.74, 6) is -0.230. The molecule has 2 aromatic carbocycles. The molecule has 1 amide bonds. The Kier molecular flexibility index (Phi) is 6.52. The summed E-state index contributed by atoms with van der Waals surface area (Å²) in [5, 5.41) is 3.01. The highest BCUT2D eigenvalue weighted by Crippen LogP contribution is 2.26. The Balaban J connectivity index is 1.76. The van der Waals surface area contributed by atoms with Crippen LogP contribution in [0.25, 0.3) is 0 Å². The van der Waals surface area contributed by atoms with Crippen molar-refractivity contribution in [3.05, 3.63) is 65.7 Å². The molecule has 0 spiro atoms. The normalized spacial score (nSPS) is 19.1. The van der Waals surface area contributed by atoms with E-state index in [1.54, 1.807) is 30.3 Å². The molecule has 3 rings (SSSR count). The molecular formula is C22H28N2O3S. The zero-order valence-corrected chi connectivity index (χ0v) is 17.3. The molecule has 0 radical (unpaired) electrons. The standard InChI is InChI=1S/C22H28N2O3S/c1-3-18-12-14-19(15-13-18)17(2)23-22(25)21-11-7-8-16-24(21)28(26,27)20-9-5-4-6-10-20/h4-6,9-10,12-15,17,21H,3,7-8,11,16H2,1-2H3,(H,23,25). The third-order valence-corrected chi connectivity index (χ3v) is 7.28. The van der Waals surface area contributed by atoms with Crippen LogP contribution in [0, 0.1) is 0 Å². The predicted octanol–water partition coefficient (Wildman–Crippen LogP) is 3.67. The van der Waals surface area contributed by atoms with Gasteiger partial charge in [0.2, 0.25) is 15.9 Å². The molecule has 1 fully saturated rings. The summed E-state index contributed by atoms with van der Waals surface area (Å²) in [6.45, 7) is 4.40. The second-order valence-corrected chi connectivity index (χ2v) is 9.16. The fourth-order valence-electron chi connectivity index (χ4n) is 3.62. The maximum absolute atomic E-state index is 13.1. The number of carbonyl (C=O) groups excluding carboxylic acids is 1. The topological polar surface area (TPSA) is 66.5 Å². The van der Waals surface area contributed by atoms with Crippen molar-refractivity contribution < 1.29 is 13.2 Å². The van der Waals surface area contributed by atoms with Gasteiger partial charge in [0.15, 0.2) is 0 Å². The molecule has 2 atom stereocenters. The van der Waals surface area contributed by atoms with Gasteiger partial charge in [0.05, 0.1) is 10.9 Å². The number of piperidine rings is 1. The molecule has 28 heavy (non-hydrogen) atoms. The average Bonchev–Trinajstić information content (AvgIpc) is 2.74. The maximum atomic E-state index is 13.1. The molecule has 2 unspecified atom stereocenters. The summed E-state index contributed by atoms with van der Waals surface area (Å²) in [7, 11) is -3.69. The molecule has 5 nitrogen and oxygen atoms in total. The summed E-state index contributed by atoms with van der Waals surface area (Å²) < 4.78 is 27.5. The number of benzene rings is 2. The smallest absolute Gasteiger partial charge is 0.243 e. The van der Waals surface area contributed by atoms with Crippen LogP contribution < -0.4 is 5.32 Å². The van der Waals surface area contributed by atoms with Gasteiger partial charge in [0.1, 0.15) is 6.04 Å². The highest BCUT2D eigenvalue weighted by Gasteiger charge is 2.37. The Morgan fingerprint density at radius 2 is 1.79 bits per heavy atom. The molecule has 0 aromatic heterocycles. The highest BCUT2D eigenvalue weighted by molar-refractivity contribution is 7.89. The lowest BCUT2D eigenvalue weighted by Crippen LogP contribution is -2.52. The van der Waals surface area contributed by atoms with E-state index in [0.717, 1.165) is 24.8 Å². The SMILES string of the molecule is CCc1ccc(C(C)NC(=O)C2CCCCN2S(=O)(=O)c2ccccc2)cc1. The number of nitrogens with zero attached hydrogens (tertiary/aromatic N) is 1. The van der Waals surface area contributed by atoms with E-state index in [1.165, 1.54) is 9.87 Å². The molecule has 0 aliphatic carbocycles. The summed E-state index contributed by atoms with van der Waals surface area (Å²) in [6, 6.07) is 15.7. The summed E-state index contributed by atoms with van der Waals surface area (Å²) in [4.78, 5) is 13.2. The average molecular weight is 401 g/mol. The van der Waals surface area contributed by atoms with Gasteiger partial charge >= 0.3 is 0 Å². The number of nitrogens with one attached hydrogen (secondary N) is 1. The lowest BCUT2D eigenvalue weighted by atomic mass is 10.0. The van der Waals surface area contributed by atoms with E-state index in [2.05, 4.69) is 24.4 Å². The first-order valence-corrected chi connectivity index (χ1v) is 11.3. The van der Waals surface area contributed by atoms with Crippen molar-refractivity contribution in [1.82, 2.24) is 9.62 Å². The van der Waals surface area contributed by atoms with Crippen LogP contribution in [0.2, 0.25) is 0 Å². The van der Waals surface area contributed by atoms with E-state index in [4.69, 9.17) is 0 Å². The van der Waals surface area contributed by atoms with Gasteiger partial charge in [-0.3, -0.25) is 4.79 Å². The van der Waals surface area contributed by atoms with Crippen molar-refractivity contribution in [2.75, 3.05) is 6.54 Å². The van der Waals surface area contributed by atoms with Gasteiger partial charge in [0, 0.05) is 6.54 Å². The van der Waals surface area contributed by atoms with Crippen LogP contribution in [0.3, 0.4) is 0 Å². The Bertz CT molecular complexity index is 895. The Morgan fingerprint density at radius 1 is 1.11 bits per heavy atom. The highest BCUT2D eigenvalue weighted by atomic mass is 32.2. The van der Waals surface area contributed by atoms with Gasteiger partial charge < -0.3 is 5.32 Å². The molecule has 1 aliphatic heterocycles. The van der Waals surface area contributed by atoms with Crippen LogP contribution in [0.5, 0.6) is 0 Å². The minimum absolute atomic E-state index is 0.179. The van der Waals surface area contributed by atoms with Crippen molar-refractivity contribution in [3.63, 3.8) is 0 Å². The van der Waals surface area contributed by atoms with Crippen LogP contribution in [0.4, 0.5) is 0 Å². The number of hydrogen-bond acceptors (Lipinski definition) is 3. The third kappa shape index (κ3) is 4.45. The van der Waals surface area contributed by atoms with Crippen molar-refractivity contribution in [1.29, 1.82) is 0 Å². The third-order valence-electron chi connectivity index (χ3n) is 5.35. The van der Waals surface area contributed by atoms with Crippen molar-refractivity contribution in [2.45, 2.75) is 56.5 Å². The minimum atomic E-state index is -3.69. The van der Waals surface area contributed by atoms with Gasteiger partial charge in [-0.25, -0.2) is 8.42 Å². The first kappa shape index (κ1) is 20.6. The second-order valence-electron chi connectivity index (χ2n) is 7.27. The van der Waals surface area contributed by atoms with E-state index in [9.17, 15) is 13.2 Å². The first-order valence-electron chi connectivity index (χ1n) is 9.89. The predicted molar refractivity (Wildman–Crippen MR) is 110 cm³/mol. The lowest BCUT2D eigenvalue weighted by Gasteiger charge is -2.34. The molecular weight excluding hydrogens is 372 g/mol. The van der Waals surface area contributed by atoms with E-state index >= 15 is 0 Å². The largest absolute Gasteiger partial charge is 0.348 e. The van der Waals surface area contributed by atoms with Crippen LogP contribution in [-0.4, -0.2) is 31.2 Å². The number of rotatable bonds is 6. The van der Waals surface area contributed by atoms with Gasteiger partial charge in [-0.05, 0) is 49.4 Å². The Hall–Kier alpha value is -2.18. The van der Waals surface area contributed by atoms with Gasteiger partial charge in [-0.15, -0.1) is 0 Å². The molecule has 1 saturated heterocycles. The summed E-state index contributed by atoms with van der Waals surface area (Å²) >= 11 is 0. The zero-order chi connectivity index (χ0) is 20.1. The number of hydrogen-bond donors (Lipinski definition) is 1. The quantitative estimate of drug-likeness (QED) is 0.805. The van der Waals surface area contributed by atoms with Gasteiger partial charge in [0.25, 0.3) is 0 Å². The van der Waals surface area contributed by atoms with E-state index < -0.39 is 16.1 Å². The Morgan fingerprint density at radius 3 is 2.43 bits per heavy atom. The van der Waals surface area contributed by atoms with E-state index in [-0.39, 0.29) is 16.8 Å². The molecule has 1 heterocycles. The zero-order valence-electron chi connectivity index (χ0n) is 16.5. The summed E-state index contributed by atoms with van der Waals surface area (Å²) in [6.07, 6.45) is 3.12. The van der Waals surface area contributed by atoms with Crippen LogP contribution >= 0.6 is 0 Å². The number of sulfonamides is 1. The van der Waals surface area contributed by atoms with Crippen molar-refractivity contribution in [2.24, 2.45) is 0 Å². The van der Waals surface area contributed by atoms with Crippen molar-refractivity contribution in [3.8, 4) is 0 Å². The monoisotopic (exact) mass is 400 g/mol. The minimum Gasteiger partial charge on any atom is -0.348 e. The fraction of sp³-hybridized carbons (Fsp3) is 0.409.